The summed E-state index contributed by atoms with van der Waals surface area (Å²) in [6, 6.07) is 13.7. The molecule has 120 valence electrons. The predicted molar refractivity (Wildman–Crippen MR) is 89.1 cm³/mol. The smallest absolute Gasteiger partial charge is 0.290 e. The molecule has 2 aromatic heterocycles. The number of hydrogen-bond donors (Lipinski definition) is 1. The summed E-state index contributed by atoms with van der Waals surface area (Å²) in [6.07, 6.45) is 5.55. The van der Waals surface area contributed by atoms with Crippen molar-refractivity contribution in [3.63, 3.8) is 0 Å². The first kappa shape index (κ1) is 16.9. The lowest BCUT2D eigenvalue weighted by Crippen LogP contribution is -2.02. The van der Waals surface area contributed by atoms with Gasteiger partial charge in [-0.1, -0.05) is 12.1 Å². The zero-order valence-electron chi connectivity index (χ0n) is 13.1. The Morgan fingerprint density at radius 3 is 2.75 bits per heavy atom. The predicted octanol–water partition coefficient (Wildman–Crippen LogP) is 2.87. The van der Waals surface area contributed by atoms with Crippen LogP contribution in [0.25, 0.3) is 11.4 Å². The van der Waals surface area contributed by atoms with Crippen LogP contribution in [0.4, 0.5) is 0 Å². The molecule has 2 heterocycles. The van der Waals surface area contributed by atoms with Gasteiger partial charge in [-0.05, 0) is 36.8 Å². The van der Waals surface area contributed by atoms with Gasteiger partial charge in [0, 0.05) is 36.4 Å². The highest BCUT2D eigenvalue weighted by molar-refractivity contribution is 5.58. The second-order valence-electron chi connectivity index (χ2n) is 4.98. The minimum atomic E-state index is -0.250. The maximum atomic E-state index is 9.01. The third kappa shape index (κ3) is 4.27. The van der Waals surface area contributed by atoms with E-state index in [-0.39, 0.29) is 6.47 Å². The second kappa shape index (κ2) is 8.25. The number of benzene rings is 1. The molecular formula is C18H16N4O2. The third-order valence-electron chi connectivity index (χ3n) is 3.28. The van der Waals surface area contributed by atoms with Crippen molar-refractivity contribution in [1.82, 2.24) is 14.5 Å². The van der Waals surface area contributed by atoms with Gasteiger partial charge < -0.3 is 9.67 Å². The SMILES string of the molecule is Cc1cc(Cn2ccnc2-c2cccc(C#N)c2)ccn1.O=CO. The normalized spacial score (nSPS) is 9.50. The van der Waals surface area contributed by atoms with E-state index < -0.39 is 0 Å². The Morgan fingerprint density at radius 2 is 2.04 bits per heavy atom. The fraction of sp³-hybridized carbons (Fsp3) is 0.111. The molecule has 0 fully saturated rings. The summed E-state index contributed by atoms with van der Waals surface area (Å²) in [5.41, 5.74) is 3.77. The van der Waals surface area contributed by atoms with Crippen molar-refractivity contribution >= 4 is 6.47 Å². The molecule has 1 aromatic carbocycles. The summed E-state index contributed by atoms with van der Waals surface area (Å²) in [6.45, 7) is 2.46. The van der Waals surface area contributed by atoms with Crippen LogP contribution in [0.1, 0.15) is 16.8 Å². The van der Waals surface area contributed by atoms with Crippen molar-refractivity contribution < 1.29 is 9.90 Å². The zero-order valence-corrected chi connectivity index (χ0v) is 13.1. The fourth-order valence-electron chi connectivity index (χ4n) is 2.32. The molecule has 3 aromatic rings. The number of hydrogen-bond acceptors (Lipinski definition) is 4. The number of imidazole rings is 1. The summed E-state index contributed by atoms with van der Waals surface area (Å²) < 4.78 is 2.07. The van der Waals surface area contributed by atoms with E-state index >= 15 is 0 Å². The van der Waals surface area contributed by atoms with E-state index in [1.54, 1.807) is 12.3 Å². The van der Waals surface area contributed by atoms with E-state index in [1.165, 1.54) is 5.56 Å². The number of carboxylic acid groups (broad SMARTS) is 1. The molecule has 0 spiro atoms. The Morgan fingerprint density at radius 1 is 1.25 bits per heavy atom. The first-order valence-electron chi connectivity index (χ1n) is 7.19. The Labute approximate surface area is 139 Å². The molecule has 0 aliphatic heterocycles. The quantitative estimate of drug-likeness (QED) is 0.749. The molecular weight excluding hydrogens is 304 g/mol. The van der Waals surface area contributed by atoms with E-state index in [0.29, 0.717) is 5.56 Å². The van der Waals surface area contributed by atoms with Crippen LogP contribution in [0.3, 0.4) is 0 Å². The van der Waals surface area contributed by atoms with Crippen molar-refractivity contribution in [2.45, 2.75) is 13.5 Å². The number of nitrogens with zero attached hydrogens (tertiary/aromatic N) is 4. The molecule has 6 heteroatoms. The van der Waals surface area contributed by atoms with E-state index in [2.05, 4.69) is 26.7 Å². The number of carbonyl (C=O) groups is 1. The van der Waals surface area contributed by atoms with Crippen LogP contribution < -0.4 is 0 Å². The number of rotatable bonds is 3. The lowest BCUT2D eigenvalue weighted by atomic mass is 10.1. The molecule has 3 rings (SSSR count). The van der Waals surface area contributed by atoms with Gasteiger partial charge in [-0.2, -0.15) is 5.26 Å². The lowest BCUT2D eigenvalue weighted by Gasteiger charge is -2.08. The van der Waals surface area contributed by atoms with Gasteiger partial charge in [0.15, 0.2) is 0 Å². The van der Waals surface area contributed by atoms with Crippen LogP contribution in [0.2, 0.25) is 0 Å². The maximum Gasteiger partial charge on any atom is 0.290 e. The minimum Gasteiger partial charge on any atom is -0.483 e. The molecule has 0 unspecified atom stereocenters. The third-order valence-corrected chi connectivity index (χ3v) is 3.28. The van der Waals surface area contributed by atoms with E-state index in [1.807, 2.05) is 43.6 Å². The first-order chi connectivity index (χ1) is 11.7. The van der Waals surface area contributed by atoms with E-state index in [9.17, 15) is 0 Å². The Bertz CT molecular complexity index is 865. The molecule has 0 aliphatic rings. The van der Waals surface area contributed by atoms with E-state index in [0.717, 1.165) is 23.6 Å². The van der Waals surface area contributed by atoms with Gasteiger partial charge in [-0.15, -0.1) is 0 Å². The van der Waals surface area contributed by atoms with Crippen molar-refractivity contribution in [2.24, 2.45) is 0 Å². The molecule has 24 heavy (non-hydrogen) atoms. The van der Waals surface area contributed by atoms with Crippen LogP contribution in [-0.2, 0) is 11.3 Å². The molecule has 0 amide bonds. The van der Waals surface area contributed by atoms with Crippen molar-refractivity contribution in [3.8, 4) is 17.5 Å². The average molecular weight is 320 g/mol. The fourth-order valence-corrected chi connectivity index (χ4v) is 2.32. The lowest BCUT2D eigenvalue weighted by molar-refractivity contribution is -0.122. The first-order valence-corrected chi connectivity index (χ1v) is 7.19. The molecule has 1 N–H and O–H groups in total. The summed E-state index contributed by atoms with van der Waals surface area (Å²) >= 11 is 0. The molecule has 0 atom stereocenters. The van der Waals surface area contributed by atoms with Gasteiger partial charge in [0.2, 0.25) is 0 Å². The van der Waals surface area contributed by atoms with Gasteiger partial charge in [0.05, 0.1) is 11.6 Å². The van der Waals surface area contributed by atoms with Crippen LogP contribution in [0.15, 0.2) is 55.0 Å². The van der Waals surface area contributed by atoms with Gasteiger partial charge in [0.25, 0.3) is 6.47 Å². The van der Waals surface area contributed by atoms with Gasteiger partial charge in [-0.25, -0.2) is 4.98 Å². The molecule has 0 radical (unpaired) electrons. The van der Waals surface area contributed by atoms with Crippen molar-refractivity contribution in [2.75, 3.05) is 0 Å². The molecule has 6 nitrogen and oxygen atoms in total. The number of pyridine rings is 1. The van der Waals surface area contributed by atoms with Crippen LogP contribution in [0, 0.1) is 18.3 Å². The molecule has 0 saturated heterocycles. The highest BCUT2D eigenvalue weighted by Crippen LogP contribution is 2.19. The highest BCUT2D eigenvalue weighted by atomic mass is 16.3. The highest BCUT2D eigenvalue weighted by Gasteiger charge is 2.07. The van der Waals surface area contributed by atoms with Gasteiger partial charge in [0.1, 0.15) is 5.82 Å². The van der Waals surface area contributed by atoms with Crippen LogP contribution in [0.5, 0.6) is 0 Å². The van der Waals surface area contributed by atoms with Crippen LogP contribution in [-0.4, -0.2) is 26.1 Å². The van der Waals surface area contributed by atoms with Gasteiger partial charge >= 0.3 is 0 Å². The summed E-state index contributed by atoms with van der Waals surface area (Å²) in [4.78, 5) is 17.0. The Balaban J connectivity index is 0.000000647. The number of nitriles is 1. The van der Waals surface area contributed by atoms with Gasteiger partial charge in [-0.3, -0.25) is 9.78 Å². The Kier molecular flexibility index (Phi) is 5.81. The summed E-state index contributed by atoms with van der Waals surface area (Å²) in [7, 11) is 0. The van der Waals surface area contributed by atoms with Crippen molar-refractivity contribution in [3.05, 3.63) is 71.8 Å². The largest absolute Gasteiger partial charge is 0.483 e. The zero-order chi connectivity index (χ0) is 17.4. The van der Waals surface area contributed by atoms with Crippen molar-refractivity contribution in [1.29, 1.82) is 5.26 Å². The molecule has 0 aliphatic carbocycles. The van der Waals surface area contributed by atoms with E-state index in [4.69, 9.17) is 15.2 Å². The minimum absolute atomic E-state index is 0.250. The summed E-state index contributed by atoms with van der Waals surface area (Å²) in [5, 5.41) is 15.9. The van der Waals surface area contributed by atoms with Crippen LogP contribution >= 0.6 is 0 Å². The average Bonchev–Trinajstić information content (AvgIpc) is 3.04. The second-order valence-corrected chi connectivity index (χ2v) is 4.98. The monoisotopic (exact) mass is 320 g/mol. The Hall–Kier alpha value is -3.46. The maximum absolute atomic E-state index is 9.01. The summed E-state index contributed by atoms with van der Waals surface area (Å²) in [5.74, 6) is 0.863. The number of aromatic nitrogens is 3. The molecule has 0 bridgehead atoms. The standard InChI is InChI=1S/C17H14N4.CH2O2/c1-13-9-15(5-6-19-13)12-21-8-7-20-17(21)16-4-2-3-14(10-16)11-18;2-1-3/h2-10H,12H2,1H3;1H,(H,2,3). The molecule has 0 saturated carbocycles. The topological polar surface area (TPSA) is 91.8 Å². The number of aryl methyl sites for hydroxylation is 1.